The number of primary amides is 1. The number of benzene rings is 1. The molecule has 0 aliphatic carbocycles. The standard InChI is InChI=1S/C22H41N5O3.C17H17FN2O2/c1-22(2,3)30-21(29)27-7-5-19(6-8-27)17-24-11-13-25(14-12-24)18-20(28)26-15-9-23(4)10-16-26;1-3-5-14(13(4-2)17(20)22)16(19)9-11-6-7-15(18)12(8-11)10-21/h19H,5-18H2,1-4H3;3-8,10,19H,1,9H2,2H3,(H2,20,22)/b;13-4+,14-5+,19-16?. The van der Waals surface area contributed by atoms with Gasteiger partial charge in [-0.05, 0) is 71.2 Å². The van der Waals surface area contributed by atoms with Gasteiger partial charge in [0.05, 0.1) is 12.1 Å². The van der Waals surface area contributed by atoms with Crippen LogP contribution in [0.1, 0.15) is 56.5 Å². The third-order valence-electron chi connectivity index (χ3n) is 9.48. The van der Waals surface area contributed by atoms with E-state index in [9.17, 15) is 23.6 Å². The number of aldehydes is 1. The maximum Gasteiger partial charge on any atom is 0.410 e. The lowest BCUT2D eigenvalue weighted by Gasteiger charge is -2.39. The van der Waals surface area contributed by atoms with Gasteiger partial charge in [-0.25, -0.2) is 9.18 Å². The van der Waals surface area contributed by atoms with E-state index in [1.54, 1.807) is 6.92 Å². The molecule has 13 heteroatoms. The molecule has 0 spiro atoms. The summed E-state index contributed by atoms with van der Waals surface area (Å²) < 4.78 is 18.8. The maximum absolute atomic E-state index is 13.3. The van der Waals surface area contributed by atoms with E-state index >= 15 is 0 Å². The van der Waals surface area contributed by atoms with E-state index in [2.05, 4.69) is 28.3 Å². The van der Waals surface area contributed by atoms with E-state index in [4.69, 9.17) is 15.9 Å². The first-order chi connectivity index (χ1) is 24.6. The van der Waals surface area contributed by atoms with Gasteiger partial charge in [-0.3, -0.25) is 19.3 Å². The lowest BCUT2D eigenvalue weighted by Crippen LogP contribution is -2.54. The third-order valence-corrected chi connectivity index (χ3v) is 9.48. The van der Waals surface area contributed by atoms with Gasteiger partial charge in [-0.15, -0.1) is 0 Å². The van der Waals surface area contributed by atoms with Crippen molar-refractivity contribution in [3.63, 3.8) is 0 Å². The Hall–Kier alpha value is -4.20. The summed E-state index contributed by atoms with van der Waals surface area (Å²) in [6.45, 7) is 21.9. The molecule has 3 fully saturated rings. The predicted molar refractivity (Wildman–Crippen MR) is 202 cm³/mol. The van der Waals surface area contributed by atoms with Gasteiger partial charge in [-0.1, -0.05) is 30.9 Å². The molecule has 0 unspecified atom stereocenters. The van der Waals surface area contributed by atoms with Crippen molar-refractivity contribution in [2.45, 2.75) is 52.6 Å². The number of piperazine rings is 2. The molecule has 4 rings (SSSR count). The number of allylic oxidation sites excluding steroid dienone is 3. The second-order valence-electron chi connectivity index (χ2n) is 14.7. The summed E-state index contributed by atoms with van der Waals surface area (Å²) in [7, 11) is 2.11. The Morgan fingerprint density at radius 3 is 2.12 bits per heavy atom. The number of hydrogen-bond donors (Lipinski definition) is 2. The molecule has 3 aliphatic rings. The second-order valence-corrected chi connectivity index (χ2v) is 14.7. The van der Waals surface area contributed by atoms with Gasteiger partial charge in [-0.2, -0.15) is 0 Å². The molecule has 0 aromatic heterocycles. The van der Waals surface area contributed by atoms with E-state index in [1.165, 1.54) is 36.4 Å². The Balaban J connectivity index is 0.000000295. The highest BCUT2D eigenvalue weighted by Gasteiger charge is 2.29. The summed E-state index contributed by atoms with van der Waals surface area (Å²) >= 11 is 0. The summed E-state index contributed by atoms with van der Waals surface area (Å²) in [4.78, 5) is 58.0. The first-order valence-corrected chi connectivity index (χ1v) is 18.1. The third kappa shape index (κ3) is 13.4. The van der Waals surface area contributed by atoms with Crippen LogP contribution < -0.4 is 5.73 Å². The average molecular weight is 724 g/mol. The van der Waals surface area contributed by atoms with Crippen molar-refractivity contribution in [3.8, 4) is 0 Å². The number of amides is 3. The fourth-order valence-electron chi connectivity index (χ4n) is 6.46. The lowest BCUT2D eigenvalue weighted by molar-refractivity contribution is -0.134. The Labute approximate surface area is 308 Å². The molecule has 0 bridgehead atoms. The van der Waals surface area contributed by atoms with Crippen LogP contribution in [0.15, 0.2) is 54.2 Å². The molecule has 286 valence electrons. The Morgan fingerprint density at radius 2 is 1.58 bits per heavy atom. The summed E-state index contributed by atoms with van der Waals surface area (Å²) in [6, 6.07) is 4.04. The van der Waals surface area contributed by atoms with Gasteiger partial charge in [0.25, 0.3) is 0 Å². The molecular formula is C39H58FN7O5. The zero-order valence-electron chi connectivity index (χ0n) is 31.7. The molecule has 3 N–H and O–H groups in total. The van der Waals surface area contributed by atoms with Gasteiger partial charge in [0.1, 0.15) is 11.4 Å². The summed E-state index contributed by atoms with van der Waals surface area (Å²) in [5, 5.41) is 8.15. The molecule has 0 atom stereocenters. The summed E-state index contributed by atoms with van der Waals surface area (Å²) in [5.41, 5.74) is 6.07. The predicted octanol–water partition coefficient (Wildman–Crippen LogP) is 3.77. The quantitative estimate of drug-likeness (QED) is 0.152. The number of likely N-dealkylation sites (N-methyl/N-ethyl adjacent to an activating group) is 1. The zero-order chi connectivity index (χ0) is 38.4. The Kier molecular flexibility index (Phi) is 16.4. The van der Waals surface area contributed by atoms with Crippen LogP contribution in [-0.2, 0) is 20.7 Å². The normalized spacial score (nSPS) is 18.7. The van der Waals surface area contributed by atoms with Crippen LogP contribution >= 0.6 is 0 Å². The number of nitrogens with two attached hydrogens (primary N) is 1. The first-order valence-electron chi connectivity index (χ1n) is 18.1. The van der Waals surface area contributed by atoms with Gasteiger partial charge in [0, 0.05) is 95.3 Å². The molecule has 0 saturated carbocycles. The van der Waals surface area contributed by atoms with Crippen molar-refractivity contribution in [2.75, 3.05) is 85.6 Å². The number of likely N-dealkylation sites (tertiary alicyclic amines) is 1. The first kappa shape index (κ1) is 42.2. The van der Waals surface area contributed by atoms with Crippen molar-refractivity contribution in [2.24, 2.45) is 11.7 Å². The van der Waals surface area contributed by atoms with Crippen molar-refractivity contribution < 1.29 is 28.3 Å². The van der Waals surface area contributed by atoms with Crippen molar-refractivity contribution in [1.82, 2.24) is 24.5 Å². The highest BCUT2D eigenvalue weighted by atomic mass is 19.1. The van der Waals surface area contributed by atoms with Crippen molar-refractivity contribution in [1.29, 1.82) is 5.41 Å². The summed E-state index contributed by atoms with van der Waals surface area (Å²) in [6.07, 6.45) is 6.95. The zero-order valence-corrected chi connectivity index (χ0v) is 31.7. The second kappa shape index (κ2) is 20.1. The van der Waals surface area contributed by atoms with Crippen LogP contribution in [-0.4, -0.2) is 146 Å². The van der Waals surface area contributed by atoms with Gasteiger partial charge < -0.3 is 35.5 Å². The minimum atomic E-state index is -0.645. The number of rotatable bonds is 11. The monoisotopic (exact) mass is 723 g/mol. The van der Waals surface area contributed by atoms with Gasteiger partial charge in [0.2, 0.25) is 11.8 Å². The topological polar surface area (TPSA) is 144 Å². The fraction of sp³-hybridized carbons (Fsp3) is 0.564. The molecule has 3 amide bonds. The number of carbonyl (C=O) groups excluding carboxylic acids is 4. The van der Waals surface area contributed by atoms with Crippen LogP contribution in [0.2, 0.25) is 0 Å². The molecule has 1 aromatic carbocycles. The molecule has 3 aliphatic heterocycles. The average Bonchev–Trinajstić information content (AvgIpc) is 3.10. The number of nitrogens with zero attached hydrogens (tertiary/aromatic N) is 5. The molecule has 52 heavy (non-hydrogen) atoms. The minimum absolute atomic E-state index is 0.0688. The molecule has 0 radical (unpaired) electrons. The smallest absolute Gasteiger partial charge is 0.410 e. The maximum atomic E-state index is 13.3. The number of halogens is 1. The number of hydrogen-bond acceptors (Lipinski definition) is 9. The fourth-order valence-corrected chi connectivity index (χ4v) is 6.46. The molecule has 3 saturated heterocycles. The molecule has 3 heterocycles. The largest absolute Gasteiger partial charge is 0.444 e. The number of ether oxygens (including phenoxy) is 1. The number of piperidine rings is 1. The highest BCUT2D eigenvalue weighted by molar-refractivity contribution is 6.13. The van der Waals surface area contributed by atoms with Crippen molar-refractivity contribution in [3.05, 3.63) is 71.1 Å². The van der Waals surface area contributed by atoms with Crippen LogP contribution in [0.25, 0.3) is 0 Å². The summed E-state index contributed by atoms with van der Waals surface area (Å²) in [5.74, 6) is -0.334. The van der Waals surface area contributed by atoms with Crippen LogP contribution in [0.4, 0.5) is 9.18 Å². The van der Waals surface area contributed by atoms with E-state index in [0.717, 1.165) is 84.8 Å². The van der Waals surface area contributed by atoms with Gasteiger partial charge >= 0.3 is 6.09 Å². The number of carbonyl (C=O) groups is 4. The van der Waals surface area contributed by atoms with E-state index in [-0.39, 0.29) is 35.3 Å². The number of nitrogens with one attached hydrogen (secondary N) is 1. The van der Waals surface area contributed by atoms with Crippen molar-refractivity contribution >= 4 is 29.9 Å². The van der Waals surface area contributed by atoms with Crippen LogP contribution in [0, 0.1) is 17.1 Å². The van der Waals surface area contributed by atoms with E-state index in [1.807, 2.05) is 30.6 Å². The van der Waals surface area contributed by atoms with Gasteiger partial charge in [0.15, 0.2) is 6.29 Å². The van der Waals surface area contributed by atoms with Crippen LogP contribution in [0.3, 0.4) is 0 Å². The van der Waals surface area contributed by atoms with Crippen LogP contribution in [0.5, 0.6) is 0 Å². The van der Waals surface area contributed by atoms with E-state index < -0.39 is 17.3 Å². The van der Waals surface area contributed by atoms with E-state index in [0.29, 0.717) is 29.9 Å². The SMILES string of the molecule is C=C/C=C(C(=N)Cc1ccc(F)c(C=O)c1)\C(=C/C)C(N)=O.CN1CCN(C(=O)CN2CCN(CC3CCN(C(=O)OC(C)(C)C)CC3)CC2)CC1. The molecular weight excluding hydrogens is 665 g/mol. The highest BCUT2D eigenvalue weighted by Crippen LogP contribution is 2.22. The Bertz CT molecular complexity index is 1480. The molecule has 1 aromatic rings. The lowest BCUT2D eigenvalue weighted by atomic mass is 9.94. The minimum Gasteiger partial charge on any atom is -0.444 e. The molecule has 12 nitrogen and oxygen atoms in total. The Morgan fingerprint density at radius 1 is 0.962 bits per heavy atom.